The molecule has 0 aliphatic carbocycles. The Labute approximate surface area is 155 Å². The molecule has 4 heterocycles. The molecule has 1 amide bonds. The van der Waals surface area contributed by atoms with Crippen LogP contribution in [0.25, 0.3) is 0 Å². The van der Waals surface area contributed by atoms with Gasteiger partial charge in [0, 0.05) is 51.3 Å². The SMILES string of the molecule is O=C(NCC1CCOCC1)[C@@H]1CC[C@@H]2[C@@H](CCN2Cc2cccnc2)O1. The molecule has 3 saturated heterocycles. The van der Waals surface area contributed by atoms with E-state index in [0.717, 1.165) is 65.0 Å². The molecule has 0 unspecified atom stereocenters. The maximum atomic E-state index is 12.5. The van der Waals surface area contributed by atoms with Crippen molar-refractivity contribution in [3.8, 4) is 0 Å². The van der Waals surface area contributed by atoms with Crippen LogP contribution in [0.3, 0.4) is 0 Å². The number of hydrogen-bond acceptors (Lipinski definition) is 5. The van der Waals surface area contributed by atoms with Crippen LogP contribution in [-0.4, -0.2) is 60.3 Å². The minimum atomic E-state index is -0.283. The van der Waals surface area contributed by atoms with Crippen molar-refractivity contribution in [2.24, 2.45) is 5.92 Å². The number of carbonyl (C=O) groups excluding carboxylic acids is 1. The molecule has 6 heteroatoms. The molecule has 3 aliphatic rings. The quantitative estimate of drug-likeness (QED) is 0.868. The van der Waals surface area contributed by atoms with E-state index in [0.29, 0.717) is 12.0 Å². The smallest absolute Gasteiger partial charge is 0.249 e. The van der Waals surface area contributed by atoms with Crippen LogP contribution < -0.4 is 5.32 Å². The number of nitrogens with one attached hydrogen (secondary N) is 1. The van der Waals surface area contributed by atoms with Crippen molar-refractivity contribution in [2.75, 3.05) is 26.3 Å². The first-order valence-electron chi connectivity index (χ1n) is 9.93. The lowest BCUT2D eigenvalue weighted by molar-refractivity contribution is -0.144. The van der Waals surface area contributed by atoms with Gasteiger partial charge in [0.25, 0.3) is 0 Å². The molecule has 3 aliphatic heterocycles. The van der Waals surface area contributed by atoms with Crippen LogP contribution in [0.1, 0.15) is 37.7 Å². The average molecular weight is 359 g/mol. The van der Waals surface area contributed by atoms with Gasteiger partial charge in [-0.25, -0.2) is 0 Å². The second-order valence-electron chi connectivity index (χ2n) is 7.73. The van der Waals surface area contributed by atoms with Gasteiger partial charge in [0.2, 0.25) is 5.91 Å². The first-order chi connectivity index (χ1) is 12.8. The highest BCUT2D eigenvalue weighted by Crippen LogP contribution is 2.32. The molecule has 26 heavy (non-hydrogen) atoms. The van der Waals surface area contributed by atoms with E-state index in [2.05, 4.69) is 21.3 Å². The highest BCUT2D eigenvalue weighted by Gasteiger charge is 2.41. The topological polar surface area (TPSA) is 63.7 Å². The van der Waals surface area contributed by atoms with Crippen molar-refractivity contribution in [1.29, 1.82) is 0 Å². The van der Waals surface area contributed by atoms with Crippen molar-refractivity contribution in [3.05, 3.63) is 30.1 Å². The van der Waals surface area contributed by atoms with E-state index in [1.165, 1.54) is 5.56 Å². The summed E-state index contributed by atoms with van der Waals surface area (Å²) in [5.41, 5.74) is 1.24. The highest BCUT2D eigenvalue weighted by molar-refractivity contribution is 5.80. The monoisotopic (exact) mass is 359 g/mol. The lowest BCUT2D eigenvalue weighted by Gasteiger charge is -2.35. The standard InChI is InChI=1S/C20H29N3O3/c24-20(22-13-15-6-10-25-11-7-15)19-4-3-17-18(26-19)5-9-23(17)14-16-2-1-8-21-12-16/h1-2,8,12,15,17-19H,3-7,9-11,13-14H2,(H,22,24)/t17-,18-,19+/m1/s1. The summed E-state index contributed by atoms with van der Waals surface area (Å²) in [5.74, 6) is 0.617. The number of hydrogen-bond donors (Lipinski definition) is 1. The van der Waals surface area contributed by atoms with E-state index in [-0.39, 0.29) is 18.1 Å². The highest BCUT2D eigenvalue weighted by atomic mass is 16.5. The lowest BCUT2D eigenvalue weighted by atomic mass is 9.97. The average Bonchev–Trinajstić information content (AvgIpc) is 3.10. The molecule has 3 fully saturated rings. The van der Waals surface area contributed by atoms with Gasteiger partial charge in [0.05, 0.1) is 6.10 Å². The Bertz CT molecular complexity index is 591. The van der Waals surface area contributed by atoms with Crippen LogP contribution in [-0.2, 0) is 20.8 Å². The summed E-state index contributed by atoms with van der Waals surface area (Å²) < 4.78 is 11.6. The van der Waals surface area contributed by atoms with Gasteiger partial charge >= 0.3 is 0 Å². The molecular formula is C20H29N3O3. The van der Waals surface area contributed by atoms with E-state index in [1.54, 1.807) is 0 Å². The van der Waals surface area contributed by atoms with Crippen LogP contribution in [0.4, 0.5) is 0 Å². The number of rotatable bonds is 5. The van der Waals surface area contributed by atoms with Crippen molar-refractivity contribution >= 4 is 5.91 Å². The lowest BCUT2D eigenvalue weighted by Crippen LogP contribution is -2.48. The second kappa shape index (κ2) is 8.46. The summed E-state index contributed by atoms with van der Waals surface area (Å²) in [6, 6.07) is 4.53. The van der Waals surface area contributed by atoms with E-state index in [1.807, 2.05) is 18.5 Å². The second-order valence-corrected chi connectivity index (χ2v) is 7.73. The van der Waals surface area contributed by atoms with Gasteiger partial charge in [-0.1, -0.05) is 6.07 Å². The fourth-order valence-electron chi connectivity index (χ4n) is 4.44. The molecule has 0 saturated carbocycles. The summed E-state index contributed by atoms with van der Waals surface area (Å²) >= 11 is 0. The minimum Gasteiger partial charge on any atom is -0.381 e. The number of carbonyl (C=O) groups is 1. The number of ether oxygens (including phenoxy) is 2. The molecule has 1 aromatic rings. The molecule has 0 radical (unpaired) electrons. The summed E-state index contributed by atoms with van der Waals surface area (Å²) in [7, 11) is 0. The Morgan fingerprint density at radius 1 is 1.23 bits per heavy atom. The predicted molar refractivity (Wildman–Crippen MR) is 97.5 cm³/mol. The number of fused-ring (bicyclic) bond motifs is 1. The number of aromatic nitrogens is 1. The number of nitrogens with zero attached hydrogens (tertiary/aromatic N) is 2. The van der Waals surface area contributed by atoms with Crippen molar-refractivity contribution in [1.82, 2.24) is 15.2 Å². The Kier molecular flexibility index (Phi) is 5.82. The Morgan fingerprint density at radius 3 is 2.92 bits per heavy atom. The first-order valence-corrected chi connectivity index (χ1v) is 9.93. The van der Waals surface area contributed by atoms with Gasteiger partial charge in [0.15, 0.2) is 0 Å². The zero-order valence-corrected chi connectivity index (χ0v) is 15.3. The number of pyridine rings is 1. The fourth-order valence-corrected chi connectivity index (χ4v) is 4.44. The summed E-state index contributed by atoms with van der Waals surface area (Å²) in [4.78, 5) is 19.2. The molecule has 1 aromatic heterocycles. The third kappa shape index (κ3) is 4.24. The van der Waals surface area contributed by atoms with Crippen molar-refractivity contribution < 1.29 is 14.3 Å². The third-order valence-corrected chi connectivity index (χ3v) is 5.97. The van der Waals surface area contributed by atoms with E-state index in [9.17, 15) is 4.79 Å². The zero-order valence-electron chi connectivity index (χ0n) is 15.3. The van der Waals surface area contributed by atoms with Crippen LogP contribution in [0.2, 0.25) is 0 Å². The number of likely N-dealkylation sites (tertiary alicyclic amines) is 1. The normalized spacial score (nSPS) is 30.1. The predicted octanol–water partition coefficient (Wildman–Crippen LogP) is 1.75. The minimum absolute atomic E-state index is 0.0700. The van der Waals surface area contributed by atoms with Gasteiger partial charge in [-0.3, -0.25) is 14.7 Å². The van der Waals surface area contributed by atoms with Gasteiger partial charge < -0.3 is 14.8 Å². The van der Waals surface area contributed by atoms with E-state index >= 15 is 0 Å². The van der Waals surface area contributed by atoms with Crippen molar-refractivity contribution in [3.63, 3.8) is 0 Å². The molecule has 0 bridgehead atoms. The van der Waals surface area contributed by atoms with Gasteiger partial charge in [-0.15, -0.1) is 0 Å². The summed E-state index contributed by atoms with van der Waals surface area (Å²) in [6.45, 7) is 4.33. The fraction of sp³-hybridized carbons (Fsp3) is 0.700. The van der Waals surface area contributed by atoms with Crippen LogP contribution >= 0.6 is 0 Å². The largest absolute Gasteiger partial charge is 0.381 e. The molecule has 3 atom stereocenters. The van der Waals surface area contributed by atoms with E-state index in [4.69, 9.17) is 9.47 Å². The van der Waals surface area contributed by atoms with E-state index < -0.39 is 0 Å². The van der Waals surface area contributed by atoms with Crippen LogP contribution in [0, 0.1) is 5.92 Å². The summed E-state index contributed by atoms with van der Waals surface area (Å²) in [6.07, 6.45) is 8.57. The Morgan fingerprint density at radius 2 is 2.12 bits per heavy atom. The Hall–Kier alpha value is -1.50. The maximum Gasteiger partial charge on any atom is 0.249 e. The van der Waals surface area contributed by atoms with Crippen molar-refractivity contribution in [2.45, 2.75) is 56.9 Å². The number of amides is 1. The maximum absolute atomic E-state index is 12.5. The molecule has 1 N–H and O–H groups in total. The first kappa shape index (κ1) is 17.9. The molecule has 0 spiro atoms. The molecule has 4 rings (SSSR count). The van der Waals surface area contributed by atoms with Crippen LogP contribution in [0.15, 0.2) is 24.5 Å². The molecule has 142 valence electrons. The zero-order chi connectivity index (χ0) is 17.8. The molecule has 0 aromatic carbocycles. The van der Waals surface area contributed by atoms with Crippen LogP contribution in [0.5, 0.6) is 0 Å². The Balaban J connectivity index is 1.25. The van der Waals surface area contributed by atoms with Gasteiger partial charge in [-0.05, 0) is 49.7 Å². The van der Waals surface area contributed by atoms with Gasteiger partial charge in [0.1, 0.15) is 6.10 Å². The third-order valence-electron chi connectivity index (χ3n) is 5.97. The summed E-state index contributed by atoms with van der Waals surface area (Å²) in [5, 5.41) is 3.11. The molecular weight excluding hydrogens is 330 g/mol. The van der Waals surface area contributed by atoms with Gasteiger partial charge in [-0.2, -0.15) is 0 Å². The molecule has 6 nitrogen and oxygen atoms in total.